The molecule has 1 unspecified atom stereocenters. The van der Waals surface area contributed by atoms with E-state index in [9.17, 15) is 0 Å². The van der Waals surface area contributed by atoms with Crippen LogP contribution in [0, 0.1) is 0 Å². The second-order valence-electron chi connectivity index (χ2n) is 3.97. The summed E-state index contributed by atoms with van der Waals surface area (Å²) in [6.07, 6.45) is 3.21. The minimum atomic E-state index is 0.208. The number of halogens is 1. The first-order valence-electron chi connectivity index (χ1n) is 5.39. The zero-order valence-corrected chi connectivity index (χ0v) is 10.4. The predicted octanol–water partition coefficient (Wildman–Crippen LogP) is 2.75. The third-order valence-electron chi connectivity index (χ3n) is 3.00. The molecule has 84 valence electrons. The van der Waals surface area contributed by atoms with Crippen molar-refractivity contribution >= 4 is 22.9 Å². The van der Waals surface area contributed by atoms with Crippen molar-refractivity contribution in [1.82, 2.24) is 5.32 Å². The summed E-state index contributed by atoms with van der Waals surface area (Å²) >= 11 is 7.68. The maximum atomic E-state index is 9.15. The Hall–Kier alpha value is -0.0900. The summed E-state index contributed by atoms with van der Waals surface area (Å²) < 4.78 is 0.878. The number of aliphatic hydroxyl groups excluding tert-OH is 1. The van der Waals surface area contributed by atoms with Crippen LogP contribution in [0.25, 0.3) is 0 Å². The number of fused-ring (bicyclic) bond motifs is 1. The van der Waals surface area contributed by atoms with Gasteiger partial charge in [0.1, 0.15) is 0 Å². The van der Waals surface area contributed by atoms with Crippen molar-refractivity contribution in [2.75, 3.05) is 6.61 Å². The van der Waals surface area contributed by atoms with Gasteiger partial charge in [0.15, 0.2) is 0 Å². The molecule has 0 spiro atoms. The minimum absolute atomic E-state index is 0.208. The standard InChI is InChI=1S/C11H16ClNOS/c1-2-7(6-14)13-9-3-4-10-8(9)5-11(12)15-10/h5,7,9,13-14H,2-4,6H2,1H3/t7-,9?/m0/s1. The quantitative estimate of drug-likeness (QED) is 0.855. The average Bonchev–Trinajstić information content (AvgIpc) is 2.74. The zero-order valence-electron chi connectivity index (χ0n) is 8.79. The van der Waals surface area contributed by atoms with E-state index in [4.69, 9.17) is 16.7 Å². The second kappa shape index (κ2) is 4.83. The van der Waals surface area contributed by atoms with Gasteiger partial charge in [-0.25, -0.2) is 0 Å². The van der Waals surface area contributed by atoms with Crippen molar-refractivity contribution in [2.24, 2.45) is 0 Å². The lowest BCUT2D eigenvalue weighted by atomic mass is 10.1. The Morgan fingerprint density at radius 1 is 1.73 bits per heavy atom. The third-order valence-corrected chi connectivity index (χ3v) is 4.34. The highest BCUT2D eigenvalue weighted by Crippen LogP contribution is 2.39. The van der Waals surface area contributed by atoms with Crippen molar-refractivity contribution in [3.63, 3.8) is 0 Å². The molecule has 1 aromatic heterocycles. The maximum absolute atomic E-state index is 9.15. The molecule has 1 aliphatic carbocycles. The number of hydrogen-bond acceptors (Lipinski definition) is 3. The smallest absolute Gasteiger partial charge is 0.0934 e. The monoisotopic (exact) mass is 245 g/mol. The fourth-order valence-corrected chi connectivity index (χ4v) is 3.44. The van der Waals surface area contributed by atoms with Gasteiger partial charge in [0.2, 0.25) is 0 Å². The number of thiophene rings is 1. The Kier molecular flexibility index (Phi) is 3.67. The van der Waals surface area contributed by atoms with Gasteiger partial charge in [-0.15, -0.1) is 11.3 Å². The number of hydrogen-bond donors (Lipinski definition) is 2. The lowest BCUT2D eigenvalue weighted by Crippen LogP contribution is -2.34. The molecular weight excluding hydrogens is 230 g/mol. The van der Waals surface area contributed by atoms with Gasteiger partial charge in [-0.3, -0.25) is 0 Å². The highest BCUT2D eigenvalue weighted by atomic mass is 35.5. The van der Waals surface area contributed by atoms with Crippen molar-refractivity contribution in [1.29, 1.82) is 0 Å². The summed E-state index contributed by atoms with van der Waals surface area (Å²) in [7, 11) is 0. The average molecular weight is 246 g/mol. The Balaban J connectivity index is 2.06. The first-order chi connectivity index (χ1) is 7.24. The van der Waals surface area contributed by atoms with Crippen molar-refractivity contribution < 1.29 is 5.11 Å². The minimum Gasteiger partial charge on any atom is -0.395 e. The van der Waals surface area contributed by atoms with Gasteiger partial charge in [0.05, 0.1) is 10.9 Å². The molecule has 0 saturated heterocycles. The summed E-state index contributed by atoms with van der Waals surface area (Å²) in [5.74, 6) is 0. The molecule has 1 aliphatic rings. The van der Waals surface area contributed by atoms with E-state index in [0.717, 1.165) is 23.6 Å². The summed E-state index contributed by atoms with van der Waals surface area (Å²) in [5, 5.41) is 12.6. The fraction of sp³-hybridized carbons (Fsp3) is 0.636. The normalized spacial score (nSPS) is 21.7. The summed E-state index contributed by atoms with van der Waals surface area (Å²) in [6, 6.07) is 2.66. The first kappa shape index (κ1) is 11.4. The zero-order chi connectivity index (χ0) is 10.8. The molecule has 0 saturated carbocycles. The van der Waals surface area contributed by atoms with Crippen LogP contribution < -0.4 is 5.32 Å². The van der Waals surface area contributed by atoms with E-state index < -0.39 is 0 Å². The van der Waals surface area contributed by atoms with Gasteiger partial charge in [-0.05, 0) is 30.9 Å². The van der Waals surface area contributed by atoms with Crippen molar-refractivity contribution in [3.8, 4) is 0 Å². The lowest BCUT2D eigenvalue weighted by molar-refractivity contribution is 0.227. The molecule has 15 heavy (non-hydrogen) atoms. The molecule has 2 rings (SSSR count). The topological polar surface area (TPSA) is 32.3 Å². The Labute approximate surface area is 99.3 Å². The van der Waals surface area contributed by atoms with E-state index in [0.29, 0.717) is 6.04 Å². The van der Waals surface area contributed by atoms with E-state index in [1.165, 1.54) is 10.4 Å². The molecule has 1 heterocycles. The molecule has 4 heteroatoms. The SMILES string of the molecule is CC[C@@H](CO)NC1CCc2sc(Cl)cc21. The van der Waals surface area contributed by atoms with E-state index in [1.54, 1.807) is 11.3 Å². The van der Waals surface area contributed by atoms with Crippen LogP contribution in [0.15, 0.2) is 6.07 Å². The number of aliphatic hydroxyl groups is 1. The molecule has 0 radical (unpaired) electrons. The van der Waals surface area contributed by atoms with E-state index >= 15 is 0 Å². The molecule has 2 atom stereocenters. The van der Waals surface area contributed by atoms with Gasteiger partial charge >= 0.3 is 0 Å². The van der Waals surface area contributed by atoms with Crippen LogP contribution in [-0.2, 0) is 6.42 Å². The largest absolute Gasteiger partial charge is 0.395 e. The highest BCUT2D eigenvalue weighted by molar-refractivity contribution is 7.16. The Morgan fingerprint density at radius 3 is 3.20 bits per heavy atom. The fourth-order valence-electron chi connectivity index (χ4n) is 2.09. The summed E-state index contributed by atoms with van der Waals surface area (Å²) in [4.78, 5) is 1.41. The van der Waals surface area contributed by atoms with Crippen molar-refractivity contribution in [3.05, 3.63) is 20.8 Å². The predicted molar refractivity (Wildman–Crippen MR) is 64.7 cm³/mol. The number of rotatable bonds is 4. The molecule has 0 aliphatic heterocycles. The second-order valence-corrected chi connectivity index (χ2v) is 5.74. The summed E-state index contributed by atoms with van der Waals surface area (Å²) in [5.41, 5.74) is 1.34. The highest BCUT2D eigenvalue weighted by Gasteiger charge is 2.26. The first-order valence-corrected chi connectivity index (χ1v) is 6.59. The molecule has 0 bridgehead atoms. The number of aryl methyl sites for hydroxylation is 1. The van der Waals surface area contributed by atoms with Gasteiger partial charge < -0.3 is 10.4 Å². The van der Waals surface area contributed by atoms with Crippen LogP contribution in [0.5, 0.6) is 0 Å². The van der Waals surface area contributed by atoms with Crippen LogP contribution >= 0.6 is 22.9 Å². The van der Waals surface area contributed by atoms with Gasteiger partial charge in [0.25, 0.3) is 0 Å². The molecular formula is C11H16ClNOS. The van der Waals surface area contributed by atoms with E-state index in [2.05, 4.69) is 18.3 Å². The van der Waals surface area contributed by atoms with Gasteiger partial charge in [0, 0.05) is 17.0 Å². The lowest BCUT2D eigenvalue weighted by Gasteiger charge is -2.20. The third kappa shape index (κ3) is 2.36. The molecule has 0 fully saturated rings. The van der Waals surface area contributed by atoms with Crippen LogP contribution in [0.3, 0.4) is 0 Å². The van der Waals surface area contributed by atoms with E-state index in [1.807, 2.05) is 0 Å². The van der Waals surface area contributed by atoms with E-state index in [-0.39, 0.29) is 12.6 Å². The molecule has 0 amide bonds. The van der Waals surface area contributed by atoms with Crippen LogP contribution in [-0.4, -0.2) is 17.8 Å². The van der Waals surface area contributed by atoms with Gasteiger partial charge in [-0.1, -0.05) is 18.5 Å². The van der Waals surface area contributed by atoms with Crippen LogP contribution in [0.4, 0.5) is 0 Å². The van der Waals surface area contributed by atoms with Crippen LogP contribution in [0.2, 0.25) is 4.34 Å². The van der Waals surface area contributed by atoms with Crippen LogP contribution in [0.1, 0.15) is 36.2 Å². The summed E-state index contributed by atoms with van der Waals surface area (Å²) in [6.45, 7) is 2.30. The molecule has 2 N–H and O–H groups in total. The number of nitrogens with one attached hydrogen (secondary N) is 1. The molecule has 0 aromatic carbocycles. The van der Waals surface area contributed by atoms with Gasteiger partial charge in [-0.2, -0.15) is 0 Å². The van der Waals surface area contributed by atoms with Crippen molar-refractivity contribution in [2.45, 2.75) is 38.3 Å². The maximum Gasteiger partial charge on any atom is 0.0934 e. The Bertz CT molecular complexity index is 335. The molecule has 1 aromatic rings. The molecule has 2 nitrogen and oxygen atoms in total. The Morgan fingerprint density at radius 2 is 2.53 bits per heavy atom.